The maximum absolute atomic E-state index is 9.71. The van der Waals surface area contributed by atoms with E-state index in [0.29, 0.717) is 6.42 Å². The van der Waals surface area contributed by atoms with Gasteiger partial charge in [0.2, 0.25) is 0 Å². The summed E-state index contributed by atoms with van der Waals surface area (Å²) in [7, 11) is 2.01. The lowest BCUT2D eigenvalue weighted by Crippen LogP contribution is -2.16. The monoisotopic (exact) mass is 296 g/mol. The molecule has 102 valence electrons. The van der Waals surface area contributed by atoms with Crippen LogP contribution in [0.4, 0.5) is 5.69 Å². The minimum absolute atomic E-state index is 0.476. The van der Waals surface area contributed by atoms with Crippen LogP contribution in [0.1, 0.15) is 30.0 Å². The van der Waals surface area contributed by atoms with Crippen molar-refractivity contribution in [3.8, 4) is 0 Å². The minimum atomic E-state index is -0.476. The number of nitrogens with zero attached hydrogens (tertiary/aromatic N) is 2. The Morgan fingerprint density at radius 3 is 2.68 bits per heavy atom. The van der Waals surface area contributed by atoms with Gasteiger partial charge in [-0.15, -0.1) is 11.3 Å². The molecule has 0 spiro atoms. The zero-order valence-corrected chi connectivity index (χ0v) is 12.6. The van der Waals surface area contributed by atoms with Crippen molar-refractivity contribution in [3.63, 3.8) is 0 Å². The van der Waals surface area contributed by atoms with E-state index in [2.05, 4.69) is 9.88 Å². The first-order valence-corrected chi connectivity index (χ1v) is 7.39. The third-order valence-corrected chi connectivity index (χ3v) is 4.18. The molecule has 0 saturated heterocycles. The highest BCUT2D eigenvalue weighted by Crippen LogP contribution is 2.24. The lowest BCUT2D eigenvalue weighted by molar-refractivity contribution is 0.169. The van der Waals surface area contributed by atoms with E-state index in [1.54, 1.807) is 17.5 Å². The van der Waals surface area contributed by atoms with Crippen molar-refractivity contribution in [2.75, 3.05) is 11.9 Å². The summed E-state index contributed by atoms with van der Waals surface area (Å²) in [6.45, 7) is 2.74. The Morgan fingerprint density at radius 1 is 1.37 bits per heavy atom. The van der Waals surface area contributed by atoms with Crippen molar-refractivity contribution < 1.29 is 5.11 Å². The fraction of sp³-hybridized carbons (Fsp3) is 0.357. The summed E-state index contributed by atoms with van der Waals surface area (Å²) < 4.78 is 0.808. The van der Waals surface area contributed by atoms with Crippen molar-refractivity contribution in [1.82, 2.24) is 4.98 Å². The largest absolute Gasteiger partial charge is 0.387 e. The molecule has 0 aliphatic carbocycles. The Kier molecular flexibility index (Phi) is 4.80. The van der Waals surface area contributed by atoms with Crippen LogP contribution in [0.15, 0.2) is 30.5 Å². The molecule has 0 aliphatic heterocycles. The zero-order valence-electron chi connectivity index (χ0n) is 11.0. The molecule has 0 bridgehead atoms. The summed E-state index contributed by atoms with van der Waals surface area (Å²) in [4.78, 5) is 7.62. The number of halogens is 1. The number of aromatic nitrogens is 1. The van der Waals surface area contributed by atoms with Crippen molar-refractivity contribution in [2.24, 2.45) is 0 Å². The number of aliphatic hydroxyl groups is 1. The van der Waals surface area contributed by atoms with E-state index >= 15 is 0 Å². The first-order valence-electron chi connectivity index (χ1n) is 6.19. The standard InChI is InChI=1S/C14H17ClN2OS/c1-3-13(18)12-6-4-10(8-16-12)17(2)9-11-5-7-14(15)19-11/h4-8,13,18H,3,9H2,1-2H3/t13-/m1/s1. The van der Waals surface area contributed by atoms with Gasteiger partial charge in [0, 0.05) is 11.9 Å². The molecule has 0 saturated carbocycles. The molecule has 2 rings (SSSR count). The number of pyridine rings is 1. The molecule has 5 heteroatoms. The number of hydrogen-bond acceptors (Lipinski definition) is 4. The van der Waals surface area contributed by atoms with E-state index in [0.717, 1.165) is 22.3 Å². The van der Waals surface area contributed by atoms with Gasteiger partial charge >= 0.3 is 0 Å². The summed E-state index contributed by atoms with van der Waals surface area (Å²) in [5.74, 6) is 0. The molecule has 2 aromatic heterocycles. The van der Waals surface area contributed by atoms with Crippen LogP contribution in [-0.2, 0) is 6.54 Å². The van der Waals surface area contributed by atoms with E-state index in [1.165, 1.54) is 4.88 Å². The number of hydrogen-bond donors (Lipinski definition) is 1. The molecule has 19 heavy (non-hydrogen) atoms. The van der Waals surface area contributed by atoms with Crippen LogP contribution in [0.3, 0.4) is 0 Å². The van der Waals surface area contributed by atoms with Gasteiger partial charge in [0.05, 0.1) is 34.6 Å². The Hall–Kier alpha value is -1.10. The van der Waals surface area contributed by atoms with Gasteiger partial charge in [-0.25, -0.2) is 0 Å². The third kappa shape index (κ3) is 3.69. The summed E-state index contributed by atoms with van der Waals surface area (Å²) in [5, 5.41) is 9.71. The molecular weight excluding hydrogens is 280 g/mol. The van der Waals surface area contributed by atoms with Crippen LogP contribution in [0.5, 0.6) is 0 Å². The Labute approximate surface area is 122 Å². The normalized spacial score (nSPS) is 12.4. The molecule has 2 aromatic rings. The summed E-state index contributed by atoms with van der Waals surface area (Å²) in [6, 6.07) is 7.80. The van der Waals surface area contributed by atoms with Crippen LogP contribution in [0.2, 0.25) is 4.34 Å². The highest BCUT2D eigenvalue weighted by atomic mass is 35.5. The minimum Gasteiger partial charge on any atom is -0.387 e. The predicted octanol–water partition coefficient (Wildman–Crippen LogP) is 3.88. The van der Waals surface area contributed by atoms with Crippen LogP contribution in [0, 0.1) is 0 Å². The molecule has 0 fully saturated rings. The fourth-order valence-corrected chi connectivity index (χ4v) is 2.93. The number of anilines is 1. The van der Waals surface area contributed by atoms with Gasteiger partial charge in [0.25, 0.3) is 0 Å². The number of thiophene rings is 1. The highest BCUT2D eigenvalue weighted by molar-refractivity contribution is 7.16. The van der Waals surface area contributed by atoms with Crippen molar-refractivity contribution in [3.05, 3.63) is 45.4 Å². The maximum atomic E-state index is 9.71. The van der Waals surface area contributed by atoms with Gasteiger partial charge in [0.1, 0.15) is 0 Å². The van der Waals surface area contributed by atoms with Crippen molar-refractivity contribution in [1.29, 1.82) is 0 Å². The van der Waals surface area contributed by atoms with Crippen LogP contribution < -0.4 is 4.90 Å². The second-order valence-corrected chi connectivity index (χ2v) is 6.23. The van der Waals surface area contributed by atoms with Gasteiger partial charge in [0.15, 0.2) is 0 Å². The lowest BCUT2D eigenvalue weighted by Gasteiger charge is -2.18. The summed E-state index contributed by atoms with van der Waals surface area (Å²) in [6.07, 6.45) is 2.00. The predicted molar refractivity (Wildman–Crippen MR) is 80.9 cm³/mol. The highest BCUT2D eigenvalue weighted by Gasteiger charge is 2.08. The first kappa shape index (κ1) is 14.3. The van der Waals surface area contributed by atoms with Gasteiger partial charge < -0.3 is 10.0 Å². The van der Waals surface area contributed by atoms with E-state index in [9.17, 15) is 5.11 Å². The van der Waals surface area contributed by atoms with Crippen molar-refractivity contribution in [2.45, 2.75) is 26.0 Å². The first-order chi connectivity index (χ1) is 9.10. The molecule has 0 radical (unpaired) electrons. The van der Waals surface area contributed by atoms with E-state index in [-0.39, 0.29) is 0 Å². The molecule has 1 atom stereocenters. The van der Waals surface area contributed by atoms with Gasteiger partial charge in [-0.05, 0) is 30.7 Å². The molecule has 2 heterocycles. The van der Waals surface area contributed by atoms with E-state index < -0.39 is 6.10 Å². The second-order valence-electron chi connectivity index (χ2n) is 4.43. The quantitative estimate of drug-likeness (QED) is 0.910. The fourth-order valence-electron chi connectivity index (χ4n) is 1.79. The summed E-state index contributed by atoms with van der Waals surface area (Å²) >= 11 is 7.51. The second kappa shape index (κ2) is 6.37. The van der Waals surface area contributed by atoms with Crippen LogP contribution >= 0.6 is 22.9 Å². The SMILES string of the molecule is CC[C@@H](O)c1ccc(N(C)Cc2ccc(Cl)s2)cn1. The Morgan fingerprint density at radius 2 is 2.16 bits per heavy atom. The van der Waals surface area contributed by atoms with Gasteiger partial charge in [-0.2, -0.15) is 0 Å². The molecular formula is C14H17ClN2OS. The topological polar surface area (TPSA) is 36.4 Å². The van der Waals surface area contributed by atoms with Crippen molar-refractivity contribution >= 4 is 28.6 Å². The average Bonchev–Trinajstić information content (AvgIpc) is 2.83. The molecule has 3 nitrogen and oxygen atoms in total. The molecule has 0 aromatic carbocycles. The Balaban J connectivity index is 2.05. The zero-order chi connectivity index (χ0) is 13.8. The summed E-state index contributed by atoms with van der Waals surface area (Å²) in [5.41, 5.74) is 1.75. The lowest BCUT2D eigenvalue weighted by atomic mass is 10.2. The molecule has 0 unspecified atom stereocenters. The van der Waals surface area contributed by atoms with Gasteiger partial charge in [-0.3, -0.25) is 4.98 Å². The third-order valence-electron chi connectivity index (χ3n) is 2.96. The smallest absolute Gasteiger partial charge is 0.0957 e. The van der Waals surface area contributed by atoms with Crippen LogP contribution in [-0.4, -0.2) is 17.1 Å². The van der Waals surface area contributed by atoms with Crippen LogP contribution in [0.25, 0.3) is 0 Å². The molecule has 0 amide bonds. The number of rotatable bonds is 5. The average molecular weight is 297 g/mol. The van der Waals surface area contributed by atoms with E-state index in [4.69, 9.17) is 11.6 Å². The Bertz CT molecular complexity index is 526. The van der Waals surface area contributed by atoms with E-state index in [1.807, 2.05) is 38.2 Å². The van der Waals surface area contributed by atoms with Gasteiger partial charge in [-0.1, -0.05) is 18.5 Å². The molecule has 1 N–H and O–H groups in total. The molecule has 0 aliphatic rings. The maximum Gasteiger partial charge on any atom is 0.0957 e. The number of aliphatic hydroxyl groups excluding tert-OH is 1.